The first-order valence-electron chi connectivity index (χ1n) is 17.9. The van der Waals surface area contributed by atoms with Gasteiger partial charge in [-0.2, -0.15) is 0 Å². The molecule has 7 aromatic rings. The summed E-state index contributed by atoms with van der Waals surface area (Å²) >= 11 is 0. The molecule has 0 aliphatic carbocycles. The largest absolute Gasteiger partial charge is 0.508 e. The summed E-state index contributed by atoms with van der Waals surface area (Å²) in [6.45, 7) is 3.29. The topological polar surface area (TPSA) is 184 Å². The maximum Gasteiger partial charge on any atom is 0.338 e. The Labute approximate surface area is 324 Å². The van der Waals surface area contributed by atoms with E-state index in [4.69, 9.17) is 28.4 Å². The number of esters is 2. The third-order valence-electron chi connectivity index (χ3n) is 10.1. The summed E-state index contributed by atoms with van der Waals surface area (Å²) in [6, 6.07) is 16.3. The summed E-state index contributed by atoms with van der Waals surface area (Å²) in [5.41, 5.74) is -0.179. The summed E-state index contributed by atoms with van der Waals surface area (Å²) in [5.74, 6) is -2.34. The van der Waals surface area contributed by atoms with E-state index in [0.29, 0.717) is 16.3 Å². The Kier molecular flexibility index (Phi) is 10.0. The van der Waals surface area contributed by atoms with Crippen molar-refractivity contribution < 1.29 is 53.3 Å². The first kappa shape index (κ1) is 38.3. The molecule has 0 bridgehead atoms. The van der Waals surface area contributed by atoms with Gasteiger partial charge in [-0.25, -0.2) is 9.59 Å². The molecular formula is C44H38O13. The smallest absolute Gasteiger partial charge is 0.338 e. The van der Waals surface area contributed by atoms with Gasteiger partial charge in [-0.1, -0.05) is 18.2 Å². The summed E-state index contributed by atoms with van der Waals surface area (Å²) in [4.78, 5) is 54.6. The number of carbonyl (C=O) groups is 2. The predicted octanol–water partition coefficient (Wildman–Crippen LogP) is 6.62. The maximum absolute atomic E-state index is 14.0. The minimum Gasteiger partial charge on any atom is -0.508 e. The van der Waals surface area contributed by atoms with Crippen LogP contribution >= 0.6 is 0 Å². The van der Waals surface area contributed by atoms with Crippen molar-refractivity contribution >= 4 is 55.0 Å². The molecule has 3 N–H and O–H groups in total. The zero-order valence-electron chi connectivity index (χ0n) is 31.8. The van der Waals surface area contributed by atoms with Crippen LogP contribution in [0.2, 0.25) is 0 Å². The minimum atomic E-state index is -0.903. The van der Waals surface area contributed by atoms with E-state index in [-0.39, 0.29) is 90.6 Å². The lowest BCUT2D eigenvalue weighted by Crippen LogP contribution is -2.20. The zero-order valence-corrected chi connectivity index (χ0v) is 31.8. The average Bonchev–Trinajstić information content (AvgIpc) is 3.19. The second-order valence-electron chi connectivity index (χ2n) is 13.6. The normalized spacial score (nSPS) is 12.5. The van der Waals surface area contributed by atoms with E-state index in [2.05, 4.69) is 0 Å². The number of aromatic hydroxyl groups is 3. The Morgan fingerprint density at radius 1 is 0.526 bits per heavy atom. The van der Waals surface area contributed by atoms with Gasteiger partial charge in [-0.15, -0.1) is 0 Å². The van der Waals surface area contributed by atoms with Gasteiger partial charge in [0.1, 0.15) is 29.5 Å². The van der Waals surface area contributed by atoms with Gasteiger partial charge in [0, 0.05) is 57.6 Å². The lowest BCUT2D eigenvalue weighted by molar-refractivity contribution is 0.0331. The molecule has 0 aliphatic rings. The van der Waals surface area contributed by atoms with Crippen LogP contribution in [-0.4, -0.2) is 67.9 Å². The highest BCUT2D eigenvalue weighted by atomic mass is 16.5. The molecule has 0 saturated heterocycles. The Morgan fingerprint density at radius 2 is 0.930 bits per heavy atom. The average molecular weight is 775 g/mol. The van der Waals surface area contributed by atoms with Gasteiger partial charge >= 0.3 is 11.9 Å². The Balaban J connectivity index is 1.62. The van der Waals surface area contributed by atoms with Gasteiger partial charge in [0.05, 0.1) is 50.3 Å². The molecule has 7 aromatic carbocycles. The molecule has 0 radical (unpaired) electrons. The van der Waals surface area contributed by atoms with Crippen LogP contribution in [0.1, 0.15) is 45.7 Å². The van der Waals surface area contributed by atoms with Crippen LogP contribution in [0.3, 0.4) is 0 Å². The van der Waals surface area contributed by atoms with Gasteiger partial charge in [0.25, 0.3) is 0 Å². The van der Waals surface area contributed by atoms with Crippen LogP contribution in [0, 0.1) is 0 Å². The van der Waals surface area contributed by atoms with Crippen molar-refractivity contribution in [3.8, 4) is 40.2 Å². The molecule has 57 heavy (non-hydrogen) atoms. The lowest BCUT2D eigenvalue weighted by atomic mass is 9.81. The van der Waals surface area contributed by atoms with Gasteiger partial charge in [-0.05, 0) is 61.0 Å². The van der Waals surface area contributed by atoms with Crippen molar-refractivity contribution in [2.24, 2.45) is 0 Å². The molecule has 0 saturated carbocycles. The maximum atomic E-state index is 14.0. The van der Waals surface area contributed by atoms with Crippen molar-refractivity contribution in [1.82, 2.24) is 0 Å². The summed E-state index contributed by atoms with van der Waals surface area (Å²) in [7, 11) is 5.37. The molecular weight excluding hydrogens is 736 g/mol. The zero-order chi connectivity index (χ0) is 40.9. The van der Waals surface area contributed by atoms with Gasteiger partial charge < -0.3 is 43.7 Å². The fraction of sp³-hybridized carbons (Fsp3) is 0.227. The van der Waals surface area contributed by atoms with Gasteiger partial charge in [0.2, 0.25) is 0 Å². The molecule has 13 nitrogen and oxygen atoms in total. The van der Waals surface area contributed by atoms with Crippen LogP contribution in [0.25, 0.3) is 43.1 Å². The highest BCUT2D eigenvalue weighted by Gasteiger charge is 2.34. The van der Waals surface area contributed by atoms with Crippen molar-refractivity contribution in [2.75, 3.05) is 28.4 Å². The Hall–Kier alpha value is -7.02. The number of carbonyl (C=O) groups excluding carboxylic acids is 2. The SMILES string of the molecule is COc1c(O)c2c(=O)cc(OC)c3c4c(OC)cc(=O)c5c(O)c(OC)c(CC(C)OC(=O)c6ccc(O)cc6)c(c(c1CC(C)OC(=O)c1ccccc1)c23)c54. The van der Waals surface area contributed by atoms with E-state index in [1.54, 1.807) is 44.2 Å². The second kappa shape index (κ2) is 14.9. The highest BCUT2D eigenvalue weighted by molar-refractivity contribution is 6.38. The standard InChI is InChI=1S/C44H38O13/c1-20(56-43(50)22-10-8-7-9-11-22)16-25-31-32-26(17-21(2)57-44(51)23-12-14-24(45)15-13-23)42(55-6)40(49)34-28(47)19-30(53-4)36(38(32)34)35-29(52-3)18-27(46)33(37(31)35)39(48)41(25)54-5/h7-15,18-21,45,48-49H,16-17H2,1-6H3. The van der Waals surface area contributed by atoms with E-state index in [9.17, 15) is 34.5 Å². The van der Waals surface area contributed by atoms with Crippen LogP contribution in [-0.2, 0) is 22.3 Å². The van der Waals surface area contributed by atoms with E-state index >= 15 is 0 Å². The van der Waals surface area contributed by atoms with E-state index in [0.717, 1.165) is 0 Å². The molecule has 0 heterocycles. The fourth-order valence-electron chi connectivity index (χ4n) is 7.81. The molecule has 13 heteroatoms. The predicted molar refractivity (Wildman–Crippen MR) is 213 cm³/mol. The van der Waals surface area contributed by atoms with Crippen molar-refractivity contribution in [2.45, 2.75) is 38.9 Å². The Bertz CT molecular complexity index is 2820. The lowest BCUT2D eigenvalue weighted by Gasteiger charge is -2.26. The molecule has 7 rings (SSSR count). The van der Waals surface area contributed by atoms with Crippen LogP contribution in [0.5, 0.6) is 40.2 Å². The third-order valence-corrected chi connectivity index (χ3v) is 10.1. The number of phenolic OH excluding ortho intramolecular Hbond substituents is 3. The molecule has 0 fully saturated rings. The first-order chi connectivity index (χ1) is 27.3. The number of methoxy groups -OCH3 is 4. The number of hydrogen-bond acceptors (Lipinski definition) is 13. The monoisotopic (exact) mass is 774 g/mol. The second-order valence-corrected chi connectivity index (χ2v) is 13.6. The molecule has 0 spiro atoms. The molecule has 2 unspecified atom stereocenters. The summed E-state index contributed by atoms with van der Waals surface area (Å²) < 4.78 is 35.0. The number of ether oxygens (including phenoxy) is 6. The highest BCUT2D eigenvalue weighted by Crippen LogP contribution is 2.55. The number of rotatable bonds is 12. The summed E-state index contributed by atoms with van der Waals surface area (Å²) in [5, 5.41) is 34.9. The molecule has 0 amide bonds. The number of hydrogen-bond donors (Lipinski definition) is 3. The number of benzene rings is 7. The molecule has 292 valence electrons. The van der Waals surface area contributed by atoms with E-state index < -0.39 is 46.5 Å². The first-order valence-corrected chi connectivity index (χ1v) is 17.9. The Morgan fingerprint density at radius 3 is 1.32 bits per heavy atom. The van der Waals surface area contributed by atoms with Gasteiger partial charge in [-0.3, -0.25) is 9.59 Å². The van der Waals surface area contributed by atoms with Crippen LogP contribution < -0.4 is 29.8 Å². The van der Waals surface area contributed by atoms with Gasteiger partial charge in [0.15, 0.2) is 33.9 Å². The van der Waals surface area contributed by atoms with E-state index in [1.165, 1.54) is 64.8 Å². The summed E-state index contributed by atoms with van der Waals surface area (Å²) in [6.07, 6.45) is -1.95. The van der Waals surface area contributed by atoms with Crippen LogP contribution in [0.4, 0.5) is 0 Å². The molecule has 0 aliphatic heterocycles. The van der Waals surface area contributed by atoms with E-state index in [1.807, 2.05) is 0 Å². The number of phenols is 3. The quantitative estimate of drug-likeness (QED) is 0.0684. The third kappa shape index (κ3) is 6.30. The minimum absolute atomic E-state index is 0.0345. The van der Waals surface area contributed by atoms with Crippen molar-refractivity contribution in [1.29, 1.82) is 0 Å². The van der Waals surface area contributed by atoms with Crippen molar-refractivity contribution in [3.63, 3.8) is 0 Å². The molecule has 0 aromatic heterocycles. The fourth-order valence-corrected chi connectivity index (χ4v) is 7.81. The number of fused-ring (bicyclic) bond motifs is 2. The van der Waals surface area contributed by atoms with Crippen LogP contribution in [0.15, 0.2) is 76.3 Å². The molecule has 2 atom stereocenters. The van der Waals surface area contributed by atoms with Crippen molar-refractivity contribution in [3.05, 3.63) is 109 Å².